The fourth-order valence-electron chi connectivity index (χ4n) is 3.72. The molecule has 2 N–H and O–H groups in total. The van der Waals surface area contributed by atoms with Crippen LogP contribution in [0.2, 0.25) is 0 Å². The summed E-state index contributed by atoms with van der Waals surface area (Å²) in [7, 11) is 0. The molecule has 1 aromatic carbocycles. The SMILES string of the molecule is CC(C)(C)OC(=O)N(CCCCCC(=O)Nc1ccn(C2COC(CO)O2)c(=O)n1)Cc1ccccc1. The van der Waals surface area contributed by atoms with Gasteiger partial charge in [-0.3, -0.25) is 9.36 Å². The van der Waals surface area contributed by atoms with E-state index in [-0.39, 0.29) is 37.5 Å². The number of nitrogens with zero attached hydrogens (tertiary/aromatic N) is 3. The number of anilines is 1. The highest BCUT2D eigenvalue weighted by Gasteiger charge is 2.27. The quantitative estimate of drug-likeness (QED) is 0.436. The van der Waals surface area contributed by atoms with Crippen molar-refractivity contribution in [1.82, 2.24) is 14.5 Å². The van der Waals surface area contributed by atoms with Crippen LogP contribution in [0.3, 0.4) is 0 Å². The number of amides is 2. The van der Waals surface area contributed by atoms with Crippen LogP contribution in [0.15, 0.2) is 47.4 Å². The highest BCUT2D eigenvalue weighted by molar-refractivity contribution is 5.89. The van der Waals surface area contributed by atoms with E-state index < -0.39 is 23.8 Å². The van der Waals surface area contributed by atoms with Crippen LogP contribution in [0.4, 0.5) is 10.6 Å². The Morgan fingerprint density at radius 2 is 1.95 bits per heavy atom. The lowest BCUT2D eigenvalue weighted by Crippen LogP contribution is -2.37. The predicted molar refractivity (Wildman–Crippen MR) is 136 cm³/mol. The second kappa shape index (κ2) is 13.3. The molecule has 0 bridgehead atoms. The van der Waals surface area contributed by atoms with Crippen molar-refractivity contribution in [2.45, 2.75) is 71.1 Å². The molecule has 2 heterocycles. The Kier molecular flexibility index (Phi) is 10.2. The van der Waals surface area contributed by atoms with Gasteiger partial charge in [0, 0.05) is 25.7 Å². The topological polar surface area (TPSA) is 132 Å². The van der Waals surface area contributed by atoms with Gasteiger partial charge in [0.25, 0.3) is 0 Å². The van der Waals surface area contributed by atoms with Gasteiger partial charge < -0.3 is 29.5 Å². The first kappa shape index (κ1) is 28.3. The Balaban J connectivity index is 1.43. The van der Waals surface area contributed by atoms with Gasteiger partial charge in [-0.2, -0.15) is 4.98 Å². The van der Waals surface area contributed by atoms with Gasteiger partial charge in [0.15, 0.2) is 12.5 Å². The number of aliphatic hydroxyl groups is 1. The average Bonchev–Trinajstić information content (AvgIpc) is 3.32. The van der Waals surface area contributed by atoms with Gasteiger partial charge in [0.2, 0.25) is 5.91 Å². The second-order valence-corrected chi connectivity index (χ2v) is 9.79. The fraction of sp³-hybridized carbons (Fsp3) is 0.538. The first-order chi connectivity index (χ1) is 17.6. The summed E-state index contributed by atoms with van der Waals surface area (Å²) >= 11 is 0. The van der Waals surface area contributed by atoms with Gasteiger partial charge >= 0.3 is 11.8 Å². The molecule has 1 saturated heterocycles. The third-order valence-electron chi connectivity index (χ3n) is 5.49. The van der Waals surface area contributed by atoms with Crippen LogP contribution in [-0.4, -0.2) is 63.2 Å². The summed E-state index contributed by atoms with van der Waals surface area (Å²) in [5.74, 6) is -0.0958. The molecule has 2 amide bonds. The molecule has 202 valence electrons. The van der Waals surface area contributed by atoms with Crippen molar-refractivity contribution in [1.29, 1.82) is 0 Å². The van der Waals surface area contributed by atoms with E-state index in [1.54, 1.807) is 4.90 Å². The minimum atomic E-state index is -0.772. The molecule has 2 aromatic rings. The van der Waals surface area contributed by atoms with Crippen molar-refractivity contribution in [2.75, 3.05) is 25.1 Å². The van der Waals surface area contributed by atoms with Gasteiger partial charge in [0.1, 0.15) is 11.4 Å². The van der Waals surface area contributed by atoms with Gasteiger partial charge in [0.05, 0.1) is 13.2 Å². The number of nitrogens with one attached hydrogen (secondary N) is 1. The Morgan fingerprint density at radius 1 is 1.19 bits per heavy atom. The lowest BCUT2D eigenvalue weighted by Gasteiger charge is -2.27. The normalized spacial score (nSPS) is 17.4. The third-order valence-corrected chi connectivity index (χ3v) is 5.49. The number of ether oxygens (including phenoxy) is 3. The molecule has 0 spiro atoms. The van der Waals surface area contributed by atoms with E-state index >= 15 is 0 Å². The molecule has 2 unspecified atom stereocenters. The summed E-state index contributed by atoms with van der Waals surface area (Å²) in [6, 6.07) is 11.2. The molecule has 0 saturated carbocycles. The van der Waals surface area contributed by atoms with Crippen LogP contribution in [0.25, 0.3) is 0 Å². The van der Waals surface area contributed by atoms with Crippen molar-refractivity contribution < 1.29 is 28.9 Å². The number of aromatic nitrogens is 2. The minimum absolute atomic E-state index is 0.120. The number of rotatable bonds is 11. The summed E-state index contributed by atoms with van der Waals surface area (Å²) in [5.41, 5.74) is -0.161. The van der Waals surface area contributed by atoms with Crippen LogP contribution in [0.5, 0.6) is 0 Å². The number of benzene rings is 1. The molecular formula is C26H36N4O7. The van der Waals surface area contributed by atoms with Crippen molar-refractivity contribution in [2.24, 2.45) is 0 Å². The molecule has 1 aromatic heterocycles. The lowest BCUT2D eigenvalue weighted by molar-refractivity contribution is -0.116. The van der Waals surface area contributed by atoms with E-state index in [1.807, 2.05) is 51.1 Å². The van der Waals surface area contributed by atoms with E-state index in [9.17, 15) is 14.4 Å². The molecule has 1 fully saturated rings. The van der Waals surface area contributed by atoms with E-state index in [0.29, 0.717) is 25.9 Å². The Labute approximate surface area is 216 Å². The van der Waals surface area contributed by atoms with Crippen LogP contribution in [0.1, 0.15) is 58.2 Å². The average molecular weight is 517 g/mol. The molecular weight excluding hydrogens is 480 g/mol. The van der Waals surface area contributed by atoms with Crippen molar-refractivity contribution >= 4 is 17.8 Å². The Morgan fingerprint density at radius 3 is 2.59 bits per heavy atom. The number of carbonyl (C=O) groups is 2. The zero-order valence-corrected chi connectivity index (χ0v) is 21.6. The first-order valence-corrected chi connectivity index (χ1v) is 12.4. The molecule has 1 aliphatic rings. The third kappa shape index (κ3) is 9.27. The molecule has 37 heavy (non-hydrogen) atoms. The Bertz CT molecular complexity index is 1080. The zero-order valence-electron chi connectivity index (χ0n) is 21.6. The van der Waals surface area contributed by atoms with Crippen molar-refractivity contribution in [3.8, 4) is 0 Å². The number of unbranched alkanes of at least 4 members (excludes halogenated alkanes) is 2. The van der Waals surface area contributed by atoms with Gasteiger partial charge in [-0.05, 0) is 45.2 Å². The van der Waals surface area contributed by atoms with E-state index in [0.717, 1.165) is 12.0 Å². The maximum atomic E-state index is 12.7. The number of aliphatic hydroxyl groups excluding tert-OH is 1. The summed E-state index contributed by atoms with van der Waals surface area (Å²) in [6.45, 7) is 6.29. The summed E-state index contributed by atoms with van der Waals surface area (Å²) < 4.78 is 17.4. The van der Waals surface area contributed by atoms with E-state index in [4.69, 9.17) is 19.3 Å². The van der Waals surface area contributed by atoms with Crippen LogP contribution in [-0.2, 0) is 25.5 Å². The van der Waals surface area contributed by atoms with Gasteiger partial charge in [-0.25, -0.2) is 9.59 Å². The molecule has 1 aliphatic heterocycles. The largest absolute Gasteiger partial charge is 0.444 e. The predicted octanol–water partition coefficient (Wildman–Crippen LogP) is 3.04. The monoisotopic (exact) mass is 516 g/mol. The maximum absolute atomic E-state index is 12.7. The highest BCUT2D eigenvalue weighted by atomic mass is 16.7. The molecule has 2 atom stereocenters. The smallest absolute Gasteiger partial charge is 0.410 e. The van der Waals surface area contributed by atoms with Gasteiger partial charge in [-0.15, -0.1) is 0 Å². The Hall–Kier alpha value is -3.28. The molecule has 11 heteroatoms. The summed E-state index contributed by atoms with van der Waals surface area (Å²) in [6.07, 6.45) is 1.98. The van der Waals surface area contributed by atoms with E-state index in [1.165, 1.54) is 16.8 Å². The highest BCUT2D eigenvalue weighted by Crippen LogP contribution is 2.19. The van der Waals surface area contributed by atoms with Crippen LogP contribution >= 0.6 is 0 Å². The second-order valence-electron chi connectivity index (χ2n) is 9.79. The fourth-order valence-corrected chi connectivity index (χ4v) is 3.72. The zero-order chi connectivity index (χ0) is 26.8. The maximum Gasteiger partial charge on any atom is 0.410 e. The first-order valence-electron chi connectivity index (χ1n) is 12.4. The summed E-state index contributed by atoms with van der Waals surface area (Å²) in [4.78, 5) is 42.9. The van der Waals surface area contributed by atoms with E-state index in [2.05, 4.69) is 10.3 Å². The number of hydrogen-bond acceptors (Lipinski definition) is 8. The lowest BCUT2D eigenvalue weighted by atomic mass is 10.1. The number of hydrogen-bond donors (Lipinski definition) is 2. The summed E-state index contributed by atoms with van der Waals surface area (Å²) in [5, 5.41) is 11.7. The minimum Gasteiger partial charge on any atom is -0.444 e. The van der Waals surface area contributed by atoms with Gasteiger partial charge in [-0.1, -0.05) is 36.8 Å². The van der Waals surface area contributed by atoms with Crippen LogP contribution < -0.4 is 11.0 Å². The van der Waals surface area contributed by atoms with Crippen molar-refractivity contribution in [3.05, 3.63) is 58.6 Å². The van der Waals surface area contributed by atoms with Crippen molar-refractivity contribution in [3.63, 3.8) is 0 Å². The standard InChI is InChI=1S/C26H36N4O7/c1-26(2,3)37-25(34)29(16-19-10-6-4-7-11-19)14-9-5-8-12-21(32)27-20-13-15-30(24(33)28-20)22-18-35-23(17-31)36-22/h4,6-7,10-11,13,15,22-23,31H,5,8-9,12,14,16-18H2,1-3H3,(H,27,28,32,33). The molecule has 0 aliphatic carbocycles. The molecule has 0 radical (unpaired) electrons. The van der Waals surface area contributed by atoms with Crippen LogP contribution in [0, 0.1) is 0 Å². The molecule has 3 rings (SSSR count). The number of carbonyl (C=O) groups excluding carboxylic acids is 2. The molecule has 11 nitrogen and oxygen atoms in total.